The highest BCUT2D eigenvalue weighted by Gasteiger charge is 2.52. The molecule has 1 amide bonds. The fourth-order valence-electron chi connectivity index (χ4n) is 3.80. The van der Waals surface area contributed by atoms with Gasteiger partial charge in [-0.25, -0.2) is 4.79 Å². The van der Waals surface area contributed by atoms with Crippen LogP contribution in [-0.2, 0) is 24.4 Å². The summed E-state index contributed by atoms with van der Waals surface area (Å²) < 4.78 is 19.4. The van der Waals surface area contributed by atoms with Crippen molar-refractivity contribution in [1.29, 1.82) is 0 Å². The second-order valence-electron chi connectivity index (χ2n) is 10.4. The lowest BCUT2D eigenvalue weighted by molar-refractivity contribution is -0.128. The van der Waals surface area contributed by atoms with E-state index in [0.717, 1.165) is 5.46 Å². The van der Waals surface area contributed by atoms with Crippen molar-refractivity contribution in [2.75, 3.05) is 13.1 Å². The van der Waals surface area contributed by atoms with Gasteiger partial charge in [0.25, 0.3) is 0 Å². The number of carbonyl (C=O) groups excluding carboxylic acids is 2. The number of piperidine rings is 1. The number of likely N-dealkylation sites (tertiary alicyclic amines) is 1. The minimum Gasteiger partial charge on any atom is -0.444 e. The first-order valence-electron chi connectivity index (χ1n) is 10.6. The molecule has 0 bridgehead atoms. The van der Waals surface area contributed by atoms with Crippen LogP contribution in [0.2, 0.25) is 0 Å². The normalized spacial score (nSPS) is 22.8. The lowest BCUT2D eigenvalue weighted by atomic mass is 9.81. The van der Waals surface area contributed by atoms with Crippen molar-refractivity contribution < 1.29 is 23.6 Å². The molecule has 8 nitrogen and oxygen atoms in total. The van der Waals surface area contributed by atoms with Gasteiger partial charge in [-0.1, -0.05) is 0 Å². The second-order valence-corrected chi connectivity index (χ2v) is 10.4. The fraction of sp³-hybridized carbons (Fsp3) is 0.762. The summed E-state index contributed by atoms with van der Waals surface area (Å²) in [5, 5.41) is 4.50. The van der Waals surface area contributed by atoms with E-state index in [-0.39, 0.29) is 11.9 Å². The molecule has 2 aliphatic heterocycles. The Morgan fingerprint density at radius 2 is 1.63 bits per heavy atom. The summed E-state index contributed by atoms with van der Waals surface area (Å²) in [6.07, 6.45) is 4.15. The quantitative estimate of drug-likeness (QED) is 0.701. The van der Waals surface area contributed by atoms with Gasteiger partial charge in [-0.2, -0.15) is 5.10 Å². The topological polar surface area (TPSA) is 82.9 Å². The van der Waals surface area contributed by atoms with Crippen LogP contribution in [0, 0.1) is 0 Å². The van der Waals surface area contributed by atoms with Crippen LogP contribution in [0.5, 0.6) is 0 Å². The number of carbonyl (C=O) groups is 2. The van der Waals surface area contributed by atoms with Crippen molar-refractivity contribution in [2.24, 2.45) is 0 Å². The van der Waals surface area contributed by atoms with Gasteiger partial charge in [0.2, 0.25) is 0 Å². The van der Waals surface area contributed by atoms with Crippen LogP contribution >= 0.6 is 0 Å². The summed E-state index contributed by atoms with van der Waals surface area (Å²) in [6.45, 7) is 16.0. The molecule has 1 aromatic rings. The van der Waals surface area contributed by atoms with Crippen molar-refractivity contribution in [3.8, 4) is 0 Å². The predicted molar refractivity (Wildman–Crippen MR) is 114 cm³/mol. The molecule has 0 saturated carbocycles. The Hall–Kier alpha value is -1.87. The number of ether oxygens (including phenoxy) is 1. The van der Waals surface area contributed by atoms with Crippen LogP contribution in [-0.4, -0.2) is 63.6 Å². The molecule has 0 N–H and O–H groups in total. The van der Waals surface area contributed by atoms with Gasteiger partial charge in [0, 0.05) is 30.9 Å². The van der Waals surface area contributed by atoms with Gasteiger partial charge in [0.15, 0.2) is 5.78 Å². The molecule has 9 heteroatoms. The molecule has 0 unspecified atom stereocenters. The average molecular weight is 419 g/mol. The van der Waals surface area contributed by atoms with E-state index < -0.39 is 29.5 Å². The largest absolute Gasteiger partial charge is 0.498 e. The van der Waals surface area contributed by atoms with Gasteiger partial charge in [0.1, 0.15) is 11.1 Å². The van der Waals surface area contributed by atoms with E-state index >= 15 is 0 Å². The molecule has 2 fully saturated rings. The van der Waals surface area contributed by atoms with Gasteiger partial charge in [-0.15, -0.1) is 0 Å². The zero-order chi connectivity index (χ0) is 22.5. The molecule has 0 atom stereocenters. The number of aromatic nitrogens is 2. The molecule has 0 aromatic carbocycles. The van der Waals surface area contributed by atoms with Crippen LogP contribution in [0.25, 0.3) is 0 Å². The highest BCUT2D eigenvalue weighted by molar-refractivity contribution is 6.62. The Balaban J connectivity index is 1.76. The van der Waals surface area contributed by atoms with E-state index in [1.165, 1.54) is 0 Å². The summed E-state index contributed by atoms with van der Waals surface area (Å²) in [5.41, 5.74) is -1.45. The van der Waals surface area contributed by atoms with Gasteiger partial charge in [-0.05, 0) is 68.2 Å². The van der Waals surface area contributed by atoms with Crippen molar-refractivity contribution in [2.45, 2.75) is 90.6 Å². The zero-order valence-corrected chi connectivity index (χ0v) is 19.4. The van der Waals surface area contributed by atoms with E-state index in [0.29, 0.717) is 25.9 Å². The summed E-state index contributed by atoms with van der Waals surface area (Å²) >= 11 is 0. The molecule has 0 radical (unpaired) electrons. The van der Waals surface area contributed by atoms with Gasteiger partial charge < -0.3 is 18.9 Å². The number of hydrogen-bond acceptors (Lipinski definition) is 6. The lowest BCUT2D eigenvalue weighted by Gasteiger charge is -2.40. The van der Waals surface area contributed by atoms with Crippen LogP contribution in [0.3, 0.4) is 0 Å². The first kappa shape index (κ1) is 22.8. The van der Waals surface area contributed by atoms with E-state index in [9.17, 15) is 9.59 Å². The minimum absolute atomic E-state index is 0.0231. The van der Waals surface area contributed by atoms with Crippen LogP contribution in [0.15, 0.2) is 12.4 Å². The molecule has 1 aromatic heterocycles. The molecule has 0 spiro atoms. The summed E-state index contributed by atoms with van der Waals surface area (Å²) in [6, 6.07) is 0. The van der Waals surface area contributed by atoms with Crippen LogP contribution < -0.4 is 5.46 Å². The molecule has 3 rings (SSSR count). The number of rotatable bonds is 3. The molecular weight excluding hydrogens is 385 g/mol. The Kier molecular flexibility index (Phi) is 5.61. The number of amides is 1. The highest BCUT2D eigenvalue weighted by atomic mass is 16.7. The summed E-state index contributed by atoms with van der Waals surface area (Å²) in [5.74, 6) is 0.0231. The average Bonchev–Trinajstić information content (AvgIpc) is 3.16. The van der Waals surface area contributed by atoms with Crippen molar-refractivity contribution in [3.05, 3.63) is 12.4 Å². The van der Waals surface area contributed by atoms with Gasteiger partial charge >= 0.3 is 13.2 Å². The Bertz CT molecular complexity index is 803. The summed E-state index contributed by atoms with van der Waals surface area (Å²) in [4.78, 5) is 26.8. The van der Waals surface area contributed by atoms with E-state index in [4.69, 9.17) is 14.0 Å². The smallest absolute Gasteiger partial charge is 0.444 e. The number of nitrogens with zero attached hydrogens (tertiary/aromatic N) is 3. The molecule has 2 aliphatic rings. The molecule has 2 saturated heterocycles. The van der Waals surface area contributed by atoms with Gasteiger partial charge in [0.05, 0.1) is 11.2 Å². The highest BCUT2D eigenvalue weighted by Crippen LogP contribution is 2.37. The predicted octanol–water partition coefficient (Wildman–Crippen LogP) is 2.50. The number of hydrogen-bond donors (Lipinski definition) is 0. The van der Waals surface area contributed by atoms with Crippen molar-refractivity contribution in [3.63, 3.8) is 0 Å². The Morgan fingerprint density at radius 3 is 2.10 bits per heavy atom. The third kappa shape index (κ3) is 4.14. The third-order valence-corrected chi connectivity index (χ3v) is 6.46. The fourth-order valence-corrected chi connectivity index (χ4v) is 3.80. The number of Topliss-reactive ketones (excluding diaryl/α,β-unsaturated/α-hetero) is 1. The maximum atomic E-state index is 12.7. The monoisotopic (exact) mass is 419 g/mol. The number of ketones is 1. The molecular formula is C21H34BN3O5. The zero-order valence-electron chi connectivity index (χ0n) is 19.4. The second kappa shape index (κ2) is 7.37. The van der Waals surface area contributed by atoms with E-state index in [1.54, 1.807) is 22.7 Å². The molecule has 166 valence electrons. The maximum absolute atomic E-state index is 12.7. The van der Waals surface area contributed by atoms with E-state index in [1.807, 2.05) is 54.7 Å². The minimum atomic E-state index is -0.791. The van der Waals surface area contributed by atoms with Crippen molar-refractivity contribution >= 4 is 24.5 Å². The Labute approximate surface area is 179 Å². The lowest BCUT2D eigenvalue weighted by Crippen LogP contribution is -2.52. The standard InChI is InChI=1S/C21H34BN3O5/c1-15(26)21(9-11-24(12-10-21)17(27)28-18(2,3)4)25-14-16(13-23-25)22-29-19(5,6)20(7,8)30-22/h13-14H,9-12H2,1-8H3. The van der Waals surface area contributed by atoms with Crippen molar-refractivity contribution in [1.82, 2.24) is 14.7 Å². The third-order valence-electron chi connectivity index (χ3n) is 6.46. The van der Waals surface area contributed by atoms with Crippen LogP contribution in [0.1, 0.15) is 68.2 Å². The molecule has 3 heterocycles. The van der Waals surface area contributed by atoms with Gasteiger partial charge in [-0.3, -0.25) is 9.48 Å². The SMILES string of the molecule is CC(=O)C1(n2cc(B3OC(C)(C)C(C)(C)O3)cn2)CCN(C(=O)OC(C)(C)C)CC1. The first-order chi connectivity index (χ1) is 13.7. The van der Waals surface area contributed by atoms with E-state index in [2.05, 4.69) is 5.10 Å². The summed E-state index contributed by atoms with van der Waals surface area (Å²) in [7, 11) is -0.533. The van der Waals surface area contributed by atoms with Crippen LogP contribution in [0.4, 0.5) is 4.79 Å². The molecule has 30 heavy (non-hydrogen) atoms. The molecule has 0 aliphatic carbocycles. The maximum Gasteiger partial charge on any atom is 0.498 e. The first-order valence-corrected chi connectivity index (χ1v) is 10.6. The Morgan fingerprint density at radius 1 is 1.10 bits per heavy atom.